The number of methoxy groups -OCH3 is 1. The fourth-order valence-electron chi connectivity index (χ4n) is 9.41. The zero-order valence-electron chi connectivity index (χ0n) is 54.8. The lowest BCUT2D eigenvalue weighted by Crippen LogP contribution is -2.02. The van der Waals surface area contributed by atoms with Gasteiger partial charge < -0.3 is 54.1 Å². The molecule has 5 aromatic carbocycles. The summed E-state index contributed by atoms with van der Waals surface area (Å²) in [5.74, 6) is 5.12. The monoisotopic (exact) mass is 1280 g/mol. The van der Waals surface area contributed by atoms with Crippen molar-refractivity contribution in [2.45, 2.75) is 74.8 Å². The van der Waals surface area contributed by atoms with E-state index in [1.54, 1.807) is 51.8 Å². The minimum absolute atomic E-state index is 0.202. The maximum Gasteiger partial charge on any atom is 0.222 e. The van der Waals surface area contributed by atoms with Gasteiger partial charge in [-0.2, -0.15) is 20.2 Å². The number of nitrogens with one attached hydrogen (secondary N) is 3. The summed E-state index contributed by atoms with van der Waals surface area (Å²) in [4.78, 5) is 49.6. The van der Waals surface area contributed by atoms with Crippen molar-refractivity contribution in [3.63, 3.8) is 0 Å². The van der Waals surface area contributed by atoms with Crippen molar-refractivity contribution in [1.29, 1.82) is 5.26 Å². The number of hydrogen-bond acceptors (Lipinski definition) is 23. The van der Waals surface area contributed by atoms with Gasteiger partial charge in [-0.1, -0.05) is 61.8 Å². The molecule has 23 nitrogen and oxygen atoms in total. The van der Waals surface area contributed by atoms with E-state index in [9.17, 15) is 0 Å². The number of anilines is 8. The molecule has 0 aliphatic rings. The van der Waals surface area contributed by atoms with Gasteiger partial charge in [-0.05, 0) is 160 Å². The Hall–Kier alpha value is -11.6. The van der Waals surface area contributed by atoms with Crippen LogP contribution < -0.4 is 54.1 Å². The smallest absolute Gasteiger partial charge is 0.222 e. The van der Waals surface area contributed by atoms with Crippen LogP contribution in [0.3, 0.4) is 0 Å². The number of hydrogen-bond donors (Lipinski definition) is 8. The molecule has 0 fully saturated rings. The Morgan fingerprint density at radius 3 is 1.41 bits per heavy atom. The number of aromatic nitrogens is 12. The first-order valence-corrected chi connectivity index (χ1v) is 30.2. The van der Waals surface area contributed by atoms with Crippen LogP contribution in [0.15, 0.2) is 140 Å². The first kappa shape index (κ1) is 69.8. The molecule has 94 heavy (non-hydrogen) atoms. The van der Waals surface area contributed by atoms with E-state index in [-0.39, 0.29) is 29.7 Å². The van der Waals surface area contributed by atoms with Crippen LogP contribution in [0.1, 0.15) is 69.7 Å². The fraction of sp³-hybridized carbons (Fsp3) is 0.214. The molecule has 0 aliphatic carbocycles. The minimum atomic E-state index is 0.202. The number of nitrogens with zero attached hydrogens (tertiary/aromatic N) is 13. The zero-order valence-corrected chi connectivity index (χ0v) is 55.6. The van der Waals surface area contributed by atoms with E-state index in [4.69, 9.17) is 55.0 Å². The molecule has 6 heterocycles. The standard InChI is InChI=1S/C19H20N4O.C14H18N4O.C14H18N4.C13H11ClN4.C10H11N5/c1-13-10-15(24-12-14-6-4-3-5-7-14)8-9-16(13)17-11-18(21-2)23-19(20)22-17;1-8-6-12(19-4)9(2)5-10(8)11-7-13(16-3)18-14(15)17-11;1-8-5-10(3)11(6-9(8)2)12-7-13(16-4)18-14(15)17-12;1-2-10-6-12(18-13(16)17-10)11-5-9(14)4-3-8(11)7-15;1-2-8-3-9(15-10(11)14-8)7-4-12-6-13-5-7/h3-11H,12H2,1-2H3,(H3,20,21,22,23);5-7H,1-4H3,(H3,15,16,17,18);5-7H,1-4H3,(H3,15,16,17,18);3-6H,2H2,1H3,(H2,16,17,18);3-6H,2H2,1H3,(H2,11,14,15). The highest BCUT2D eigenvalue weighted by Gasteiger charge is 2.14. The maximum absolute atomic E-state index is 9.10. The summed E-state index contributed by atoms with van der Waals surface area (Å²) in [5, 5.41) is 18.6. The fourth-order valence-corrected chi connectivity index (χ4v) is 9.59. The van der Waals surface area contributed by atoms with E-state index >= 15 is 0 Å². The number of nitriles is 1. The first-order valence-electron chi connectivity index (χ1n) is 29.9. The maximum atomic E-state index is 9.10. The number of aryl methyl sites for hydroxylation is 8. The minimum Gasteiger partial charge on any atom is -0.496 e. The van der Waals surface area contributed by atoms with E-state index < -0.39 is 0 Å². The number of halogens is 1. The van der Waals surface area contributed by atoms with Crippen LogP contribution in [0.5, 0.6) is 11.5 Å². The lowest BCUT2D eigenvalue weighted by atomic mass is 9.98. The summed E-state index contributed by atoms with van der Waals surface area (Å²) in [6.45, 7) is 16.9. The van der Waals surface area contributed by atoms with Crippen LogP contribution in [0, 0.1) is 52.9 Å². The van der Waals surface area contributed by atoms with Gasteiger partial charge in [-0.15, -0.1) is 0 Å². The summed E-state index contributed by atoms with van der Waals surface area (Å²) in [5.41, 5.74) is 47.4. The quantitative estimate of drug-likeness (QED) is 0.0501. The van der Waals surface area contributed by atoms with E-state index in [1.165, 1.54) is 23.0 Å². The van der Waals surface area contributed by atoms with Gasteiger partial charge in [0.05, 0.1) is 47.2 Å². The van der Waals surface area contributed by atoms with E-state index in [0.717, 1.165) is 109 Å². The van der Waals surface area contributed by atoms with Crippen LogP contribution in [0.2, 0.25) is 5.02 Å². The van der Waals surface area contributed by atoms with Gasteiger partial charge in [0.2, 0.25) is 29.7 Å². The molecule has 0 atom stereocenters. The van der Waals surface area contributed by atoms with Crippen LogP contribution in [0.4, 0.5) is 47.2 Å². The highest BCUT2D eigenvalue weighted by atomic mass is 35.5. The SMILES string of the molecule is CCc1cc(-c2cc(Cl)ccc2C#N)nc(N)n1.CCc1cc(-c2cncnc2)nc(N)n1.CNc1cc(-c2cc(C)c(C)cc2C)nc(N)n1.CNc1cc(-c2cc(C)c(OC)cc2C)nc(N)n1.CNc1cc(-c2ccc(OCc3ccccc3)cc2C)nc(N)n1. The van der Waals surface area contributed by atoms with E-state index in [1.807, 2.05) is 127 Å². The highest BCUT2D eigenvalue weighted by Crippen LogP contribution is 2.32. The normalized spacial score (nSPS) is 10.3. The van der Waals surface area contributed by atoms with Gasteiger partial charge in [0.1, 0.15) is 41.9 Å². The molecule has 24 heteroatoms. The predicted octanol–water partition coefficient (Wildman–Crippen LogP) is 12.6. The molecule has 0 saturated heterocycles. The van der Waals surface area contributed by atoms with Crippen LogP contribution in [0.25, 0.3) is 56.3 Å². The average Bonchev–Trinajstić information content (AvgIpc) is 0.905. The number of benzene rings is 5. The largest absolute Gasteiger partial charge is 0.496 e. The molecule has 0 spiro atoms. The summed E-state index contributed by atoms with van der Waals surface area (Å²) in [6.07, 6.45) is 6.47. The van der Waals surface area contributed by atoms with Crippen molar-refractivity contribution in [3.8, 4) is 73.9 Å². The molecule has 11 aromatic rings. The van der Waals surface area contributed by atoms with Crippen molar-refractivity contribution in [3.05, 3.63) is 201 Å². The van der Waals surface area contributed by atoms with Gasteiger partial charge in [-0.3, -0.25) is 0 Å². The van der Waals surface area contributed by atoms with E-state index in [2.05, 4.69) is 121 Å². The van der Waals surface area contributed by atoms with Gasteiger partial charge in [0, 0.05) is 96.0 Å². The van der Waals surface area contributed by atoms with Crippen molar-refractivity contribution < 1.29 is 9.47 Å². The number of nitrogen functional groups attached to an aromatic ring is 5. The third kappa shape index (κ3) is 19.4. The van der Waals surface area contributed by atoms with Gasteiger partial charge in [0.25, 0.3) is 0 Å². The van der Waals surface area contributed by atoms with Crippen LogP contribution in [-0.2, 0) is 19.4 Å². The van der Waals surface area contributed by atoms with Gasteiger partial charge in [-0.25, -0.2) is 44.9 Å². The van der Waals surface area contributed by atoms with Crippen LogP contribution in [-0.4, -0.2) is 88.1 Å². The van der Waals surface area contributed by atoms with E-state index in [0.29, 0.717) is 40.1 Å². The second-order valence-electron chi connectivity index (χ2n) is 21.2. The predicted molar refractivity (Wildman–Crippen MR) is 378 cm³/mol. The molecule has 0 saturated carbocycles. The van der Waals surface area contributed by atoms with Gasteiger partial charge in [0.15, 0.2) is 0 Å². The first-order chi connectivity index (χ1) is 45.1. The molecular formula is C70H78ClN21O2. The summed E-state index contributed by atoms with van der Waals surface area (Å²) >= 11 is 5.95. The molecule has 6 aromatic heterocycles. The molecule has 0 amide bonds. The molecule has 0 bridgehead atoms. The third-order valence-corrected chi connectivity index (χ3v) is 14.6. The molecular weight excluding hydrogens is 1200 g/mol. The van der Waals surface area contributed by atoms with Gasteiger partial charge >= 0.3 is 0 Å². The Bertz CT molecular complexity index is 4420. The number of ether oxygens (including phenoxy) is 2. The molecule has 11 rings (SSSR count). The Kier molecular flexibility index (Phi) is 24.8. The van der Waals surface area contributed by atoms with Crippen LogP contribution >= 0.6 is 11.6 Å². The Labute approximate surface area is 553 Å². The molecule has 0 radical (unpaired) electrons. The van der Waals surface area contributed by atoms with Crippen molar-refractivity contribution >= 4 is 58.8 Å². The van der Waals surface area contributed by atoms with Crippen molar-refractivity contribution in [2.75, 3.05) is 72.9 Å². The second-order valence-corrected chi connectivity index (χ2v) is 21.7. The molecule has 13 N–H and O–H groups in total. The topological polar surface area (TPSA) is 363 Å². The third-order valence-electron chi connectivity index (χ3n) is 14.4. The summed E-state index contributed by atoms with van der Waals surface area (Å²) in [6, 6.07) is 41.0. The van der Waals surface area contributed by atoms with Crippen molar-refractivity contribution in [1.82, 2.24) is 59.8 Å². The Morgan fingerprint density at radius 2 is 0.915 bits per heavy atom. The number of rotatable bonds is 14. The highest BCUT2D eigenvalue weighted by molar-refractivity contribution is 6.31. The lowest BCUT2D eigenvalue weighted by Gasteiger charge is -2.12. The lowest BCUT2D eigenvalue weighted by molar-refractivity contribution is 0.306. The molecule has 482 valence electrons. The Balaban J connectivity index is 0.000000168. The zero-order chi connectivity index (χ0) is 68.0. The van der Waals surface area contributed by atoms with Crippen molar-refractivity contribution in [2.24, 2.45) is 0 Å². The Morgan fingerprint density at radius 1 is 0.457 bits per heavy atom. The molecule has 0 unspecified atom stereocenters. The summed E-state index contributed by atoms with van der Waals surface area (Å²) in [7, 11) is 7.10. The summed E-state index contributed by atoms with van der Waals surface area (Å²) < 4.78 is 11.2. The average molecular weight is 1280 g/mol. The second kappa shape index (κ2) is 33.4. The molecule has 0 aliphatic heterocycles. The number of nitrogens with two attached hydrogens (primary N) is 5.